The van der Waals surface area contributed by atoms with Crippen molar-refractivity contribution in [3.8, 4) is 5.75 Å². The van der Waals surface area contributed by atoms with Gasteiger partial charge in [-0.2, -0.15) is 0 Å². The highest BCUT2D eigenvalue weighted by atomic mass is 79.9. The van der Waals surface area contributed by atoms with Crippen LogP contribution in [0.25, 0.3) is 5.70 Å². The molecule has 0 saturated carbocycles. The van der Waals surface area contributed by atoms with E-state index in [-0.39, 0.29) is 29.5 Å². The summed E-state index contributed by atoms with van der Waals surface area (Å²) in [7, 11) is 0. The minimum Gasteiger partial charge on any atom is -0.481 e. The van der Waals surface area contributed by atoms with Gasteiger partial charge < -0.3 is 14.5 Å². The molecule has 3 aliphatic heterocycles. The van der Waals surface area contributed by atoms with Gasteiger partial charge in [-0.1, -0.05) is 41.6 Å². The van der Waals surface area contributed by atoms with Crippen LogP contribution in [0.3, 0.4) is 0 Å². The van der Waals surface area contributed by atoms with Crippen molar-refractivity contribution in [3.63, 3.8) is 0 Å². The maximum absolute atomic E-state index is 12.7. The molecule has 0 saturated heterocycles. The topological polar surface area (TPSA) is 45.1 Å². The highest BCUT2D eigenvalue weighted by Crippen LogP contribution is 2.45. The van der Waals surface area contributed by atoms with E-state index in [2.05, 4.69) is 27.4 Å². The van der Waals surface area contributed by atoms with Gasteiger partial charge in [0.25, 0.3) is 5.91 Å². The van der Waals surface area contributed by atoms with Crippen molar-refractivity contribution in [2.45, 2.75) is 11.3 Å². The molecule has 0 unspecified atom stereocenters. The monoisotopic (exact) mass is 537 g/mol. The summed E-state index contributed by atoms with van der Waals surface area (Å²) in [6, 6.07) is 14.1. The molecule has 0 radical (unpaired) electrons. The molecule has 5 rings (SSSR count). The normalized spacial score (nSPS) is 16.9. The molecule has 2 aromatic carbocycles. The lowest BCUT2D eigenvalue weighted by Crippen LogP contribution is -2.40. The zero-order valence-electron chi connectivity index (χ0n) is 16.6. The summed E-state index contributed by atoms with van der Waals surface area (Å²) < 4.78 is 5.92. The maximum Gasteiger partial charge on any atom is 0.265 e. The van der Waals surface area contributed by atoms with Crippen LogP contribution in [0.5, 0.6) is 5.75 Å². The molecular formula is C22H21BrClN3O2S2. The van der Waals surface area contributed by atoms with Gasteiger partial charge in [0.15, 0.2) is 17.5 Å². The summed E-state index contributed by atoms with van der Waals surface area (Å²) in [5.41, 5.74) is 2.73. The Labute approximate surface area is 205 Å². The summed E-state index contributed by atoms with van der Waals surface area (Å²) in [5.74, 6) is 1.64. The van der Waals surface area contributed by atoms with Crippen LogP contribution >= 0.6 is 52.1 Å². The molecule has 0 atom stereocenters. The first-order valence-corrected chi connectivity index (χ1v) is 12.1. The van der Waals surface area contributed by atoms with E-state index < -0.39 is 0 Å². The summed E-state index contributed by atoms with van der Waals surface area (Å²) in [6.45, 7) is 2.34. The Hall–Kier alpha value is -1.61. The second-order valence-electron chi connectivity index (χ2n) is 7.09. The average molecular weight is 539 g/mol. The predicted molar refractivity (Wildman–Crippen MR) is 136 cm³/mol. The van der Waals surface area contributed by atoms with E-state index in [0.29, 0.717) is 11.6 Å². The number of benzene rings is 2. The van der Waals surface area contributed by atoms with Crippen molar-refractivity contribution in [1.82, 2.24) is 4.90 Å². The van der Waals surface area contributed by atoms with Crippen LogP contribution < -0.4 is 9.64 Å². The van der Waals surface area contributed by atoms with Crippen LogP contribution in [-0.2, 0) is 4.79 Å². The van der Waals surface area contributed by atoms with Crippen LogP contribution in [0, 0.1) is 0 Å². The third-order valence-electron chi connectivity index (χ3n) is 5.15. The van der Waals surface area contributed by atoms with Gasteiger partial charge in [-0.05, 0) is 36.4 Å². The van der Waals surface area contributed by atoms with Gasteiger partial charge in [-0.3, -0.25) is 9.79 Å². The second kappa shape index (κ2) is 9.90. The Bertz CT molecular complexity index is 1050. The van der Waals surface area contributed by atoms with Crippen molar-refractivity contribution in [3.05, 3.63) is 58.5 Å². The van der Waals surface area contributed by atoms with Gasteiger partial charge in [-0.25, -0.2) is 0 Å². The zero-order chi connectivity index (χ0) is 20.5. The molecule has 0 bridgehead atoms. The van der Waals surface area contributed by atoms with E-state index in [0.717, 1.165) is 53.1 Å². The Kier molecular flexibility index (Phi) is 7.21. The number of amides is 1. The number of carbonyl (C=O) groups is 1. The largest absolute Gasteiger partial charge is 0.481 e. The highest BCUT2D eigenvalue weighted by Gasteiger charge is 2.33. The molecule has 2 aromatic rings. The first kappa shape index (κ1) is 22.6. The average Bonchev–Trinajstić information content (AvgIpc) is 3.36. The molecule has 31 heavy (non-hydrogen) atoms. The molecular weight excluding hydrogens is 518 g/mol. The smallest absolute Gasteiger partial charge is 0.265 e. The Morgan fingerprint density at radius 1 is 1.23 bits per heavy atom. The van der Waals surface area contributed by atoms with Gasteiger partial charge in [0.2, 0.25) is 0 Å². The summed E-state index contributed by atoms with van der Waals surface area (Å²) in [4.78, 5) is 22.4. The first-order chi connectivity index (χ1) is 14.7. The number of hydrogen-bond donors (Lipinski definition) is 0. The number of fused-ring (bicyclic) bond motifs is 2. The molecule has 3 aliphatic rings. The van der Waals surface area contributed by atoms with Gasteiger partial charge in [0.1, 0.15) is 0 Å². The molecule has 162 valence electrons. The molecule has 9 heteroatoms. The molecule has 3 heterocycles. The number of anilines is 1. The third-order valence-corrected chi connectivity index (χ3v) is 7.37. The van der Waals surface area contributed by atoms with Crippen molar-refractivity contribution in [2.75, 3.05) is 36.9 Å². The van der Waals surface area contributed by atoms with Gasteiger partial charge >= 0.3 is 0 Å². The van der Waals surface area contributed by atoms with E-state index in [1.807, 2.05) is 35.2 Å². The van der Waals surface area contributed by atoms with Gasteiger partial charge in [0.05, 0.1) is 17.9 Å². The van der Waals surface area contributed by atoms with Crippen molar-refractivity contribution in [2.24, 2.45) is 4.99 Å². The predicted octanol–water partition coefficient (Wildman–Crippen LogP) is 5.54. The van der Waals surface area contributed by atoms with Crippen molar-refractivity contribution >= 4 is 74.6 Å². The van der Waals surface area contributed by atoms with Crippen molar-refractivity contribution < 1.29 is 9.53 Å². The summed E-state index contributed by atoms with van der Waals surface area (Å²) >= 11 is 9.90. The SMILES string of the molecule is Br.O=C1COc2c(C3=CSC4=NCCN34)cc(Cl)cc2N1CCCSc1ccccc1. The first-order valence-electron chi connectivity index (χ1n) is 9.84. The van der Waals surface area contributed by atoms with Crippen LogP contribution in [0.1, 0.15) is 12.0 Å². The van der Waals surface area contributed by atoms with Crippen LogP contribution in [0.4, 0.5) is 5.69 Å². The number of nitrogens with zero attached hydrogens (tertiary/aromatic N) is 3. The molecule has 0 spiro atoms. The fourth-order valence-corrected chi connectivity index (χ4v) is 5.80. The maximum atomic E-state index is 12.7. The highest BCUT2D eigenvalue weighted by molar-refractivity contribution is 8.93. The number of amidine groups is 1. The molecule has 1 amide bonds. The molecule has 0 N–H and O–H groups in total. The van der Waals surface area contributed by atoms with Crippen LogP contribution in [0.15, 0.2) is 57.8 Å². The van der Waals surface area contributed by atoms with Gasteiger partial charge in [0, 0.05) is 34.0 Å². The number of rotatable bonds is 6. The minimum absolute atomic E-state index is 0. The Balaban J connectivity index is 0.00000231. The van der Waals surface area contributed by atoms with E-state index in [1.54, 1.807) is 23.5 Å². The van der Waals surface area contributed by atoms with E-state index in [4.69, 9.17) is 16.3 Å². The van der Waals surface area contributed by atoms with E-state index in [9.17, 15) is 4.79 Å². The third kappa shape index (κ3) is 4.62. The quantitative estimate of drug-likeness (QED) is 0.357. The standard InChI is InChI=1S/C22H20ClN3O2S2.BrH/c23-15-11-17(19-14-30-22-24-7-9-26(19)22)21-18(12-15)25(20(27)13-28-21)8-4-10-29-16-5-2-1-3-6-16;/h1-3,5-6,11-12,14H,4,7-10,13H2;1H. The number of thioether (sulfide) groups is 2. The number of ether oxygens (including phenoxy) is 1. The molecule has 5 nitrogen and oxygen atoms in total. The Morgan fingerprint density at radius 2 is 2.06 bits per heavy atom. The molecule has 0 aliphatic carbocycles. The molecule has 0 fully saturated rings. The Morgan fingerprint density at radius 3 is 2.90 bits per heavy atom. The van der Waals surface area contributed by atoms with Gasteiger partial charge in [-0.15, -0.1) is 28.7 Å². The number of carbonyl (C=O) groups excluding carboxylic acids is 1. The number of hydrogen-bond acceptors (Lipinski definition) is 6. The number of aliphatic imine (C=N–C) groups is 1. The lowest BCUT2D eigenvalue weighted by molar-refractivity contribution is -0.121. The molecule has 0 aromatic heterocycles. The number of halogens is 2. The lowest BCUT2D eigenvalue weighted by Gasteiger charge is -2.32. The zero-order valence-corrected chi connectivity index (χ0v) is 20.7. The summed E-state index contributed by atoms with van der Waals surface area (Å²) in [5, 5.41) is 3.70. The summed E-state index contributed by atoms with van der Waals surface area (Å²) in [6.07, 6.45) is 0.883. The van der Waals surface area contributed by atoms with Crippen LogP contribution in [-0.4, -0.2) is 48.0 Å². The lowest BCUT2D eigenvalue weighted by atomic mass is 10.1. The van der Waals surface area contributed by atoms with E-state index in [1.165, 1.54) is 4.90 Å². The fourth-order valence-electron chi connectivity index (χ4n) is 3.77. The fraction of sp³-hybridized carbons (Fsp3) is 0.273. The van der Waals surface area contributed by atoms with Crippen molar-refractivity contribution in [1.29, 1.82) is 0 Å². The van der Waals surface area contributed by atoms with E-state index >= 15 is 0 Å². The van der Waals surface area contributed by atoms with Crippen LogP contribution in [0.2, 0.25) is 5.02 Å². The second-order valence-corrected chi connectivity index (χ2v) is 9.53. The minimum atomic E-state index is -0.0290.